The fourth-order valence-corrected chi connectivity index (χ4v) is 0.981. The molecule has 0 spiro atoms. The van der Waals surface area contributed by atoms with Crippen LogP contribution >= 0.6 is 0 Å². The number of hydrogen-bond acceptors (Lipinski definition) is 5. The molecule has 0 atom stereocenters. The van der Waals surface area contributed by atoms with Crippen LogP contribution < -0.4 is 16.6 Å². The molecule has 0 fully saturated rings. The molecule has 0 saturated heterocycles. The maximum atomic E-state index is 5.46. The first kappa shape index (κ1) is 11.6. The second-order valence-electron chi connectivity index (χ2n) is 2.51. The van der Waals surface area contributed by atoms with Gasteiger partial charge in [-0.15, -0.1) is 0 Å². The molecule has 1 aromatic rings. The van der Waals surface area contributed by atoms with Crippen LogP contribution in [0.1, 0.15) is 19.0 Å². The standard InChI is InChI=1S/C8H13N3O.H3N/c1-3-4-6-5-7(12-2)11-8(9)10-6;/h5H,3-4H2,1-2H3,(H2,9,10,11);1H3. The van der Waals surface area contributed by atoms with Crippen LogP contribution in [0.5, 0.6) is 5.88 Å². The van der Waals surface area contributed by atoms with Crippen LogP contribution in [-0.4, -0.2) is 17.1 Å². The fourth-order valence-electron chi connectivity index (χ4n) is 0.981. The van der Waals surface area contributed by atoms with Crippen molar-refractivity contribution in [1.29, 1.82) is 0 Å². The zero-order valence-corrected chi connectivity index (χ0v) is 8.08. The second-order valence-corrected chi connectivity index (χ2v) is 2.51. The van der Waals surface area contributed by atoms with Gasteiger partial charge in [-0.05, 0) is 6.42 Å². The van der Waals surface area contributed by atoms with E-state index in [2.05, 4.69) is 16.9 Å². The Bertz CT molecular complexity index is 264. The van der Waals surface area contributed by atoms with Crippen molar-refractivity contribution in [2.45, 2.75) is 19.8 Å². The molecule has 1 heterocycles. The predicted octanol–water partition coefficient (Wildman–Crippen LogP) is 1.18. The van der Waals surface area contributed by atoms with Crippen LogP contribution in [0.25, 0.3) is 0 Å². The van der Waals surface area contributed by atoms with E-state index >= 15 is 0 Å². The van der Waals surface area contributed by atoms with Gasteiger partial charge in [0.2, 0.25) is 11.8 Å². The molecule has 0 aliphatic rings. The quantitative estimate of drug-likeness (QED) is 0.735. The maximum Gasteiger partial charge on any atom is 0.223 e. The third-order valence-corrected chi connectivity index (χ3v) is 1.49. The Labute approximate surface area is 77.9 Å². The van der Waals surface area contributed by atoms with Crippen molar-refractivity contribution in [3.05, 3.63) is 11.8 Å². The van der Waals surface area contributed by atoms with Gasteiger partial charge in [0.05, 0.1) is 7.11 Å². The highest BCUT2D eigenvalue weighted by molar-refractivity contribution is 5.25. The van der Waals surface area contributed by atoms with Gasteiger partial charge in [0.1, 0.15) is 0 Å². The highest BCUT2D eigenvalue weighted by Crippen LogP contribution is 2.10. The minimum Gasteiger partial charge on any atom is -0.481 e. The van der Waals surface area contributed by atoms with E-state index in [1.54, 1.807) is 13.2 Å². The Morgan fingerprint density at radius 3 is 2.69 bits per heavy atom. The lowest BCUT2D eigenvalue weighted by Crippen LogP contribution is -2.01. The van der Waals surface area contributed by atoms with E-state index < -0.39 is 0 Å². The van der Waals surface area contributed by atoms with E-state index in [0.717, 1.165) is 18.5 Å². The van der Waals surface area contributed by atoms with Crippen LogP contribution in [0.4, 0.5) is 5.95 Å². The highest BCUT2D eigenvalue weighted by Gasteiger charge is 2.00. The number of nitrogens with zero attached hydrogens (tertiary/aromatic N) is 2. The number of anilines is 1. The van der Waals surface area contributed by atoms with Gasteiger partial charge in [-0.25, -0.2) is 4.98 Å². The maximum absolute atomic E-state index is 5.46. The molecule has 0 amide bonds. The zero-order chi connectivity index (χ0) is 8.97. The molecule has 0 bridgehead atoms. The first-order valence-corrected chi connectivity index (χ1v) is 3.93. The van der Waals surface area contributed by atoms with E-state index in [0.29, 0.717) is 5.88 Å². The van der Waals surface area contributed by atoms with Gasteiger partial charge in [-0.1, -0.05) is 13.3 Å². The Balaban J connectivity index is 0.00000144. The summed E-state index contributed by atoms with van der Waals surface area (Å²) >= 11 is 0. The largest absolute Gasteiger partial charge is 0.481 e. The van der Waals surface area contributed by atoms with Gasteiger partial charge in [-0.3, -0.25) is 0 Å². The molecule has 5 heteroatoms. The third-order valence-electron chi connectivity index (χ3n) is 1.49. The minimum absolute atomic E-state index is 0. The molecule has 74 valence electrons. The summed E-state index contributed by atoms with van der Waals surface area (Å²) in [5, 5.41) is 0. The number of ether oxygens (including phenoxy) is 1. The van der Waals surface area contributed by atoms with Crippen molar-refractivity contribution in [3.63, 3.8) is 0 Å². The van der Waals surface area contributed by atoms with Crippen LogP contribution in [0.3, 0.4) is 0 Å². The summed E-state index contributed by atoms with van der Waals surface area (Å²) in [6.07, 6.45) is 1.95. The van der Waals surface area contributed by atoms with E-state index in [1.807, 2.05) is 0 Å². The summed E-state index contributed by atoms with van der Waals surface area (Å²) in [6, 6.07) is 1.81. The molecule has 0 aliphatic heterocycles. The molecule has 0 aliphatic carbocycles. The number of aryl methyl sites for hydroxylation is 1. The van der Waals surface area contributed by atoms with Gasteiger partial charge in [-0.2, -0.15) is 4.98 Å². The first-order chi connectivity index (χ1) is 5.76. The normalized spacial score (nSPS) is 9.08. The van der Waals surface area contributed by atoms with Crippen LogP contribution in [0.15, 0.2) is 6.07 Å². The zero-order valence-electron chi connectivity index (χ0n) is 8.08. The van der Waals surface area contributed by atoms with Gasteiger partial charge in [0.15, 0.2) is 0 Å². The molecule has 0 unspecified atom stereocenters. The molecular weight excluding hydrogens is 168 g/mol. The summed E-state index contributed by atoms with van der Waals surface area (Å²) in [6.45, 7) is 2.09. The Morgan fingerprint density at radius 2 is 2.15 bits per heavy atom. The first-order valence-electron chi connectivity index (χ1n) is 3.93. The summed E-state index contributed by atoms with van der Waals surface area (Å²) in [7, 11) is 1.57. The Hall–Kier alpha value is -1.36. The van der Waals surface area contributed by atoms with Gasteiger partial charge < -0.3 is 16.6 Å². The molecule has 0 saturated carbocycles. The lowest BCUT2D eigenvalue weighted by atomic mass is 10.2. The van der Waals surface area contributed by atoms with Crippen molar-refractivity contribution in [2.24, 2.45) is 0 Å². The van der Waals surface area contributed by atoms with Crippen molar-refractivity contribution >= 4 is 5.95 Å². The molecule has 1 aromatic heterocycles. The number of rotatable bonds is 3. The van der Waals surface area contributed by atoms with E-state index in [9.17, 15) is 0 Å². The molecule has 5 nitrogen and oxygen atoms in total. The number of hydrogen-bond donors (Lipinski definition) is 2. The van der Waals surface area contributed by atoms with Crippen molar-refractivity contribution < 1.29 is 4.74 Å². The molecule has 13 heavy (non-hydrogen) atoms. The van der Waals surface area contributed by atoms with E-state index in [-0.39, 0.29) is 12.1 Å². The SMILES string of the molecule is CCCc1cc(OC)nc(N)n1.N. The summed E-state index contributed by atoms with van der Waals surface area (Å²) < 4.78 is 4.95. The average molecular weight is 184 g/mol. The average Bonchev–Trinajstić information content (AvgIpc) is 2.04. The fraction of sp³-hybridized carbons (Fsp3) is 0.500. The van der Waals surface area contributed by atoms with Crippen molar-refractivity contribution in [2.75, 3.05) is 12.8 Å². The number of methoxy groups -OCH3 is 1. The lowest BCUT2D eigenvalue weighted by molar-refractivity contribution is 0.397. The molecular formula is C8H16N4O. The smallest absolute Gasteiger partial charge is 0.223 e. The summed E-state index contributed by atoms with van der Waals surface area (Å²) in [5.41, 5.74) is 6.40. The van der Waals surface area contributed by atoms with Crippen LogP contribution in [0, 0.1) is 0 Å². The van der Waals surface area contributed by atoms with E-state index in [1.165, 1.54) is 0 Å². The summed E-state index contributed by atoms with van der Waals surface area (Å²) in [5.74, 6) is 0.809. The van der Waals surface area contributed by atoms with Crippen LogP contribution in [-0.2, 0) is 6.42 Å². The lowest BCUT2D eigenvalue weighted by Gasteiger charge is -2.02. The Morgan fingerprint density at radius 1 is 1.46 bits per heavy atom. The minimum atomic E-state index is 0. The number of nitrogen functional groups attached to an aromatic ring is 1. The topological polar surface area (TPSA) is 96.0 Å². The monoisotopic (exact) mass is 184 g/mol. The molecule has 0 radical (unpaired) electrons. The van der Waals surface area contributed by atoms with E-state index in [4.69, 9.17) is 10.5 Å². The van der Waals surface area contributed by atoms with Gasteiger partial charge >= 0.3 is 0 Å². The molecule has 5 N–H and O–H groups in total. The van der Waals surface area contributed by atoms with Gasteiger partial charge in [0.25, 0.3) is 0 Å². The third kappa shape index (κ3) is 3.25. The summed E-state index contributed by atoms with van der Waals surface area (Å²) in [4.78, 5) is 7.94. The van der Waals surface area contributed by atoms with Crippen LogP contribution in [0.2, 0.25) is 0 Å². The number of nitrogens with two attached hydrogens (primary N) is 1. The highest BCUT2D eigenvalue weighted by atomic mass is 16.5. The number of aromatic nitrogens is 2. The predicted molar refractivity (Wildman–Crippen MR) is 52.0 cm³/mol. The second kappa shape index (κ2) is 5.31. The van der Waals surface area contributed by atoms with Crippen molar-refractivity contribution in [3.8, 4) is 5.88 Å². The van der Waals surface area contributed by atoms with Crippen molar-refractivity contribution in [1.82, 2.24) is 16.1 Å². The van der Waals surface area contributed by atoms with Gasteiger partial charge in [0, 0.05) is 11.8 Å². The molecule has 0 aromatic carbocycles. The Kier molecular flexibility index (Phi) is 4.76. The molecule has 1 rings (SSSR count).